The third kappa shape index (κ3) is 4.62. The van der Waals surface area contributed by atoms with E-state index in [1.54, 1.807) is 29.0 Å². The number of sulfonamides is 1. The van der Waals surface area contributed by atoms with Crippen molar-refractivity contribution in [2.75, 3.05) is 16.3 Å². The summed E-state index contributed by atoms with van der Waals surface area (Å²) in [6, 6.07) is 11.0. The summed E-state index contributed by atoms with van der Waals surface area (Å²) in [6.07, 6.45) is 4.59. The van der Waals surface area contributed by atoms with Crippen molar-refractivity contribution in [3.63, 3.8) is 0 Å². The molecule has 0 aliphatic carbocycles. The fourth-order valence-electron chi connectivity index (χ4n) is 3.36. The standard InChI is InChI=1S/C21H21ClN6O2S/c1-13-10-19(24-12-15-6-8-23-9-7-15)28-21(25-13)20(14(2)26-28)16-4-5-17(22)18(11-16)27-31(3,29)30/h4-11,24,27H,12H2,1-3H3. The van der Waals surface area contributed by atoms with Crippen molar-refractivity contribution in [1.29, 1.82) is 0 Å². The van der Waals surface area contributed by atoms with Crippen LogP contribution in [0.25, 0.3) is 16.8 Å². The highest BCUT2D eigenvalue weighted by atomic mass is 35.5. The molecule has 0 amide bonds. The minimum absolute atomic E-state index is 0.309. The average molecular weight is 457 g/mol. The van der Waals surface area contributed by atoms with Crippen LogP contribution in [0.4, 0.5) is 11.5 Å². The quantitative estimate of drug-likeness (QED) is 0.454. The first kappa shape index (κ1) is 21.1. The van der Waals surface area contributed by atoms with Gasteiger partial charge in [0.2, 0.25) is 10.0 Å². The van der Waals surface area contributed by atoms with E-state index in [0.29, 0.717) is 22.9 Å². The van der Waals surface area contributed by atoms with Crippen LogP contribution >= 0.6 is 11.6 Å². The van der Waals surface area contributed by atoms with E-state index >= 15 is 0 Å². The largest absolute Gasteiger partial charge is 0.366 e. The van der Waals surface area contributed by atoms with Crippen LogP contribution in [0.3, 0.4) is 0 Å². The van der Waals surface area contributed by atoms with E-state index in [-0.39, 0.29) is 0 Å². The first-order valence-electron chi connectivity index (χ1n) is 9.49. The minimum Gasteiger partial charge on any atom is -0.366 e. The smallest absolute Gasteiger partial charge is 0.229 e. The van der Waals surface area contributed by atoms with Gasteiger partial charge in [0, 0.05) is 36.3 Å². The van der Waals surface area contributed by atoms with Crippen LogP contribution in [0.5, 0.6) is 0 Å². The molecule has 0 spiro atoms. The van der Waals surface area contributed by atoms with Crippen LogP contribution in [-0.2, 0) is 16.6 Å². The van der Waals surface area contributed by atoms with Crippen LogP contribution in [0.2, 0.25) is 5.02 Å². The Labute approximate surface area is 185 Å². The zero-order valence-corrected chi connectivity index (χ0v) is 18.8. The first-order chi connectivity index (χ1) is 14.7. The van der Waals surface area contributed by atoms with Crippen LogP contribution in [-0.4, -0.2) is 34.3 Å². The van der Waals surface area contributed by atoms with Crippen molar-refractivity contribution in [2.24, 2.45) is 0 Å². The molecular weight excluding hydrogens is 436 g/mol. The highest BCUT2D eigenvalue weighted by molar-refractivity contribution is 7.92. The number of anilines is 2. The first-order valence-corrected chi connectivity index (χ1v) is 11.8. The molecule has 0 saturated carbocycles. The molecule has 0 unspecified atom stereocenters. The molecule has 0 atom stereocenters. The third-order valence-electron chi connectivity index (χ3n) is 4.67. The van der Waals surface area contributed by atoms with E-state index in [1.807, 2.05) is 38.1 Å². The molecule has 0 bridgehead atoms. The molecule has 4 rings (SSSR count). The van der Waals surface area contributed by atoms with Crippen molar-refractivity contribution in [1.82, 2.24) is 19.6 Å². The molecule has 0 fully saturated rings. The minimum atomic E-state index is -3.47. The van der Waals surface area contributed by atoms with Crippen LogP contribution in [0.1, 0.15) is 17.0 Å². The zero-order chi connectivity index (χ0) is 22.2. The Balaban J connectivity index is 1.79. The van der Waals surface area contributed by atoms with Gasteiger partial charge in [0.1, 0.15) is 5.82 Å². The van der Waals surface area contributed by atoms with Crippen molar-refractivity contribution >= 4 is 38.8 Å². The summed E-state index contributed by atoms with van der Waals surface area (Å²) in [5.74, 6) is 0.803. The van der Waals surface area contributed by atoms with E-state index in [4.69, 9.17) is 16.6 Å². The summed E-state index contributed by atoms with van der Waals surface area (Å²) < 4.78 is 27.6. The summed E-state index contributed by atoms with van der Waals surface area (Å²) >= 11 is 6.19. The lowest BCUT2D eigenvalue weighted by Crippen LogP contribution is -2.10. The van der Waals surface area contributed by atoms with Crippen molar-refractivity contribution in [3.05, 3.63) is 70.8 Å². The summed E-state index contributed by atoms with van der Waals surface area (Å²) in [6.45, 7) is 4.42. The van der Waals surface area contributed by atoms with Crippen LogP contribution in [0.15, 0.2) is 48.8 Å². The molecule has 31 heavy (non-hydrogen) atoms. The number of aromatic nitrogens is 4. The maximum atomic E-state index is 11.7. The summed E-state index contributed by atoms with van der Waals surface area (Å²) in [5, 5.41) is 8.40. The monoisotopic (exact) mass is 456 g/mol. The van der Waals surface area contributed by atoms with Gasteiger partial charge in [-0.05, 0) is 49.2 Å². The Bertz CT molecular complexity index is 1370. The van der Waals surface area contributed by atoms with E-state index < -0.39 is 10.0 Å². The second-order valence-electron chi connectivity index (χ2n) is 7.26. The number of rotatable bonds is 6. The Morgan fingerprint density at radius 2 is 1.84 bits per heavy atom. The van der Waals surface area contributed by atoms with E-state index in [1.165, 1.54) is 0 Å². The fraction of sp³-hybridized carbons (Fsp3) is 0.190. The lowest BCUT2D eigenvalue weighted by Gasteiger charge is -2.11. The number of fused-ring (bicyclic) bond motifs is 1. The van der Waals surface area contributed by atoms with Crippen molar-refractivity contribution in [3.8, 4) is 11.1 Å². The van der Waals surface area contributed by atoms with Crippen LogP contribution in [0, 0.1) is 13.8 Å². The topological polar surface area (TPSA) is 101 Å². The second-order valence-corrected chi connectivity index (χ2v) is 9.41. The van der Waals surface area contributed by atoms with E-state index in [2.05, 4.69) is 20.1 Å². The average Bonchev–Trinajstić information content (AvgIpc) is 3.03. The Kier molecular flexibility index (Phi) is 5.55. The predicted octanol–water partition coefficient (Wildman–Crippen LogP) is 4.05. The van der Waals surface area contributed by atoms with Gasteiger partial charge in [-0.25, -0.2) is 13.4 Å². The maximum Gasteiger partial charge on any atom is 0.229 e. The van der Waals surface area contributed by atoms with Crippen LogP contribution < -0.4 is 10.0 Å². The fourth-order valence-corrected chi connectivity index (χ4v) is 4.15. The van der Waals surface area contributed by atoms with Gasteiger partial charge in [-0.3, -0.25) is 9.71 Å². The van der Waals surface area contributed by atoms with Crippen molar-refractivity contribution in [2.45, 2.75) is 20.4 Å². The molecule has 3 aromatic heterocycles. The number of benzene rings is 1. The molecule has 10 heteroatoms. The second kappa shape index (κ2) is 8.16. The molecule has 0 aliphatic rings. The Morgan fingerprint density at radius 3 is 2.55 bits per heavy atom. The molecule has 0 aliphatic heterocycles. The zero-order valence-electron chi connectivity index (χ0n) is 17.2. The number of nitrogens with zero attached hydrogens (tertiary/aromatic N) is 4. The predicted molar refractivity (Wildman–Crippen MR) is 123 cm³/mol. The lowest BCUT2D eigenvalue weighted by atomic mass is 10.1. The van der Waals surface area contributed by atoms with Gasteiger partial charge in [-0.1, -0.05) is 17.7 Å². The summed E-state index contributed by atoms with van der Waals surface area (Å²) in [5.41, 5.74) is 5.24. The third-order valence-corrected chi connectivity index (χ3v) is 5.59. The molecule has 8 nitrogen and oxygen atoms in total. The van der Waals surface area contributed by atoms with Gasteiger partial charge < -0.3 is 5.32 Å². The number of aryl methyl sites for hydroxylation is 2. The van der Waals surface area contributed by atoms with Gasteiger partial charge in [0.25, 0.3) is 0 Å². The molecule has 1 aromatic carbocycles. The van der Waals surface area contributed by atoms with Crippen molar-refractivity contribution < 1.29 is 8.42 Å². The number of halogens is 1. The number of nitrogens with one attached hydrogen (secondary N) is 2. The van der Waals surface area contributed by atoms with Gasteiger partial charge in [0.05, 0.1) is 22.7 Å². The molecule has 3 heterocycles. The highest BCUT2D eigenvalue weighted by Crippen LogP contribution is 2.34. The Hall–Kier alpha value is -3.17. The lowest BCUT2D eigenvalue weighted by molar-refractivity contribution is 0.607. The normalized spacial score (nSPS) is 11.6. The molecule has 4 aromatic rings. The van der Waals surface area contributed by atoms with Gasteiger partial charge in [-0.2, -0.15) is 9.61 Å². The number of hydrogen-bond acceptors (Lipinski definition) is 6. The molecule has 0 radical (unpaired) electrons. The van der Waals surface area contributed by atoms with E-state index in [9.17, 15) is 8.42 Å². The van der Waals surface area contributed by atoms with Gasteiger partial charge >= 0.3 is 0 Å². The number of pyridine rings is 1. The summed E-state index contributed by atoms with van der Waals surface area (Å²) in [4.78, 5) is 8.73. The summed E-state index contributed by atoms with van der Waals surface area (Å²) in [7, 11) is -3.47. The Morgan fingerprint density at radius 1 is 1.10 bits per heavy atom. The molecular formula is C21H21ClN6O2S. The highest BCUT2D eigenvalue weighted by Gasteiger charge is 2.18. The van der Waals surface area contributed by atoms with Gasteiger partial charge in [0.15, 0.2) is 5.65 Å². The molecule has 2 N–H and O–H groups in total. The maximum absolute atomic E-state index is 11.7. The van der Waals surface area contributed by atoms with E-state index in [0.717, 1.165) is 40.2 Å². The molecule has 0 saturated heterocycles. The van der Waals surface area contributed by atoms with Gasteiger partial charge in [-0.15, -0.1) is 0 Å². The molecule has 160 valence electrons. The SMILES string of the molecule is Cc1cc(NCc2ccncc2)n2nc(C)c(-c3ccc(Cl)c(NS(C)(=O)=O)c3)c2n1. The number of hydrogen-bond donors (Lipinski definition) is 2.